The Morgan fingerprint density at radius 1 is 1.00 bits per heavy atom. The van der Waals surface area contributed by atoms with E-state index in [2.05, 4.69) is 47.1 Å². The average Bonchev–Trinajstić information content (AvgIpc) is 3.25. The van der Waals surface area contributed by atoms with E-state index >= 15 is 0 Å². The maximum absolute atomic E-state index is 10.4. The van der Waals surface area contributed by atoms with Crippen molar-refractivity contribution in [2.75, 3.05) is 13.8 Å². The summed E-state index contributed by atoms with van der Waals surface area (Å²) < 4.78 is 13.9. The van der Waals surface area contributed by atoms with E-state index in [0.29, 0.717) is 5.56 Å². The van der Waals surface area contributed by atoms with Crippen molar-refractivity contribution in [2.24, 2.45) is 11.8 Å². The minimum atomic E-state index is -0.0893. The van der Waals surface area contributed by atoms with E-state index < -0.39 is 0 Å². The molecule has 31 heavy (non-hydrogen) atoms. The number of ether oxygens (including phenoxy) is 2. The van der Waals surface area contributed by atoms with Gasteiger partial charge in [0.2, 0.25) is 6.79 Å². The Balaban J connectivity index is 1.46. The molecule has 2 heterocycles. The van der Waals surface area contributed by atoms with Gasteiger partial charge in [-0.3, -0.25) is 0 Å². The van der Waals surface area contributed by atoms with E-state index in [1.165, 1.54) is 11.1 Å². The van der Waals surface area contributed by atoms with Crippen LogP contribution in [0, 0.1) is 11.8 Å². The predicted octanol–water partition coefficient (Wildman–Crippen LogP) is 3.83. The normalized spacial score (nSPS) is 27.8. The van der Waals surface area contributed by atoms with Crippen LogP contribution in [-0.4, -0.2) is 40.9 Å². The predicted molar refractivity (Wildman–Crippen MR) is 116 cm³/mol. The van der Waals surface area contributed by atoms with E-state index in [1.54, 1.807) is 6.07 Å². The van der Waals surface area contributed by atoms with Crippen molar-refractivity contribution in [1.82, 2.24) is 0 Å². The molecule has 4 atom stereocenters. The second kappa shape index (κ2) is 6.77. The minimum Gasteiger partial charge on any atom is -0.504 e. The molecule has 1 saturated heterocycles. The fraction of sp³-hybridized carbons (Fsp3) is 0.269. The highest BCUT2D eigenvalue weighted by molar-refractivity contribution is 5.85. The standard InChI is InChI=1S/C26H23NO4/c1-27-13-21-16(9-10-22(28)25(21)29)18-8-7-17-19(24(18)27)12-23-26(31-14-30-23)20(17)11-15-5-3-2-4-6-15/h2-10,12-13,17-19,24,28H,11,14H2,1H3/p+1. The van der Waals surface area contributed by atoms with Gasteiger partial charge in [-0.25, -0.2) is 4.58 Å². The van der Waals surface area contributed by atoms with Gasteiger partial charge in [-0.05, 0) is 35.3 Å². The summed E-state index contributed by atoms with van der Waals surface area (Å²) in [5.74, 6) is 2.11. The molecule has 4 aliphatic rings. The first kappa shape index (κ1) is 18.3. The van der Waals surface area contributed by atoms with E-state index in [0.717, 1.165) is 23.5 Å². The number of benzene rings is 2. The number of phenolic OH excluding ortho intramolecular Hbond substituents is 2. The quantitative estimate of drug-likeness (QED) is 0.446. The first-order valence-corrected chi connectivity index (χ1v) is 10.7. The van der Waals surface area contributed by atoms with E-state index in [4.69, 9.17) is 9.47 Å². The lowest BCUT2D eigenvalue weighted by molar-refractivity contribution is -0.546. The maximum Gasteiger partial charge on any atom is 0.231 e. The molecule has 1 fully saturated rings. The number of hydrogen-bond donors (Lipinski definition) is 2. The summed E-state index contributed by atoms with van der Waals surface area (Å²) >= 11 is 0. The SMILES string of the molecule is C[N+]1=Cc2c(ccc(O)c2O)C2C=CC3C(Cc4ccccc4)=C4OCOC4=CC3C21. The number of likely N-dealkylation sites (N-methyl/N-ethyl adjacent to an activating group) is 1. The van der Waals surface area contributed by atoms with Gasteiger partial charge in [0, 0.05) is 5.92 Å². The molecule has 5 nitrogen and oxygen atoms in total. The van der Waals surface area contributed by atoms with Crippen LogP contribution in [0.3, 0.4) is 0 Å². The number of aromatic hydroxyl groups is 2. The zero-order valence-corrected chi connectivity index (χ0v) is 17.2. The van der Waals surface area contributed by atoms with Crippen LogP contribution in [-0.2, 0) is 15.9 Å². The largest absolute Gasteiger partial charge is 0.504 e. The molecule has 0 aromatic heterocycles. The van der Waals surface area contributed by atoms with Crippen LogP contribution in [0.1, 0.15) is 22.6 Å². The molecule has 2 aromatic rings. The average molecular weight is 414 g/mol. The van der Waals surface area contributed by atoms with Gasteiger partial charge >= 0.3 is 0 Å². The van der Waals surface area contributed by atoms with Crippen LogP contribution >= 0.6 is 0 Å². The molecule has 0 spiro atoms. The third-order valence-corrected chi connectivity index (χ3v) is 7.01. The number of phenols is 2. The fourth-order valence-electron chi connectivity index (χ4n) is 5.63. The molecule has 4 unspecified atom stereocenters. The Labute approximate surface area is 180 Å². The third kappa shape index (κ3) is 2.73. The summed E-state index contributed by atoms with van der Waals surface area (Å²) in [5.41, 5.74) is 4.24. The molecule has 0 saturated carbocycles. The molecular weight excluding hydrogens is 390 g/mol. The second-order valence-corrected chi connectivity index (χ2v) is 8.69. The van der Waals surface area contributed by atoms with Gasteiger partial charge in [-0.2, -0.15) is 0 Å². The zero-order chi connectivity index (χ0) is 21.1. The fourth-order valence-corrected chi connectivity index (χ4v) is 5.63. The molecule has 6 rings (SSSR count). The highest BCUT2D eigenvalue weighted by atomic mass is 16.7. The Bertz CT molecular complexity index is 1190. The van der Waals surface area contributed by atoms with Gasteiger partial charge in [-0.1, -0.05) is 48.6 Å². The molecule has 5 heteroatoms. The maximum atomic E-state index is 10.4. The van der Waals surface area contributed by atoms with Gasteiger partial charge in [0.05, 0.1) is 17.4 Å². The lowest BCUT2D eigenvalue weighted by Crippen LogP contribution is -2.46. The molecule has 2 aliphatic carbocycles. The van der Waals surface area contributed by atoms with E-state index in [1.807, 2.05) is 25.4 Å². The molecule has 0 amide bonds. The topological polar surface area (TPSA) is 61.9 Å². The number of hydrogen-bond acceptors (Lipinski definition) is 4. The summed E-state index contributed by atoms with van der Waals surface area (Å²) in [4.78, 5) is 0. The monoisotopic (exact) mass is 414 g/mol. The van der Waals surface area contributed by atoms with Gasteiger partial charge in [0.1, 0.15) is 7.05 Å². The number of allylic oxidation sites excluding steroid dienone is 2. The first-order valence-electron chi connectivity index (χ1n) is 10.7. The Morgan fingerprint density at radius 3 is 2.65 bits per heavy atom. The van der Waals surface area contributed by atoms with Crippen LogP contribution < -0.4 is 0 Å². The molecule has 156 valence electrons. The van der Waals surface area contributed by atoms with Crippen LogP contribution in [0.5, 0.6) is 11.5 Å². The van der Waals surface area contributed by atoms with Crippen LogP contribution in [0.25, 0.3) is 0 Å². The minimum absolute atomic E-state index is 0.0557. The summed E-state index contributed by atoms with van der Waals surface area (Å²) in [5, 5.41) is 20.4. The number of nitrogens with zero attached hydrogens (tertiary/aromatic N) is 1. The smallest absolute Gasteiger partial charge is 0.231 e. The highest BCUT2D eigenvalue weighted by Gasteiger charge is 2.49. The van der Waals surface area contributed by atoms with Crippen molar-refractivity contribution in [3.8, 4) is 11.5 Å². The summed E-state index contributed by atoms with van der Waals surface area (Å²) in [6.45, 7) is 0.259. The molecule has 0 radical (unpaired) electrons. The van der Waals surface area contributed by atoms with Crippen molar-refractivity contribution < 1.29 is 24.3 Å². The number of fused-ring (bicyclic) bond motifs is 6. The Morgan fingerprint density at radius 2 is 1.81 bits per heavy atom. The van der Waals surface area contributed by atoms with Crippen molar-refractivity contribution in [1.29, 1.82) is 0 Å². The van der Waals surface area contributed by atoms with Gasteiger partial charge in [-0.15, -0.1) is 0 Å². The lowest BCUT2D eigenvalue weighted by Gasteiger charge is -2.40. The lowest BCUT2D eigenvalue weighted by atomic mass is 9.65. The van der Waals surface area contributed by atoms with Crippen molar-refractivity contribution in [3.63, 3.8) is 0 Å². The summed E-state index contributed by atoms with van der Waals surface area (Å²) in [6.07, 6.45) is 9.53. The third-order valence-electron chi connectivity index (χ3n) is 7.01. The first-order chi connectivity index (χ1) is 15.1. The Kier molecular flexibility index (Phi) is 4.00. The van der Waals surface area contributed by atoms with Crippen molar-refractivity contribution >= 4 is 6.21 Å². The van der Waals surface area contributed by atoms with Gasteiger partial charge in [0.25, 0.3) is 0 Å². The second-order valence-electron chi connectivity index (χ2n) is 8.69. The number of rotatable bonds is 2. The van der Waals surface area contributed by atoms with Gasteiger partial charge < -0.3 is 19.7 Å². The van der Waals surface area contributed by atoms with E-state index in [9.17, 15) is 10.2 Å². The molecule has 2 N–H and O–H groups in total. The summed E-state index contributed by atoms with van der Waals surface area (Å²) in [7, 11) is 2.04. The van der Waals surface area contributed by atoms with Crippen molar-refractivity contribution in [2.45, 2.75) is 18.4 Å². The highest BCUT2D eigenvalue weighted by Crippen LogP contribution is 2.50. The van der Waals surface area contributed by atoms with Crippen LogP contribution in [0.2, 0.25) is 0 Å². The van der Waals surface area contributed by atoms with Crippen molar-refractivity contribution in [3.05, 3.63) is 94.5 Å². The molecule has 2 aromatic carbocycles. The van der Waals surface area contributed by atoms with Gasteiger partial charge in [0.15, 0.2) is 35.3 Å². The van der Waals surface area contributed by atoms with Crippen LogP contribution in [0.4, 0.5) is 0 Å². The van der Waals surface area contributed by atoms with Crippen LogP contribution in [0.15, 0.2) is 77.8 Å². The molecule has 0 bridgehead atoms. The van der Waals surface area contributed by atoms with E-state index in [-0.39, 0.29) is 42.1 Å². The molecular formula is C26H24NO4+. The zero-order valence-electron chi connectivity index (χ0n) is 17.2. The summed E-state index contributed by atoms with van der Waals surface area (Å²) in [6, 6.07) is 14.2. The Hall–Kier alpha value is -3.47. The molecule has 2 aliphatic heterocycles.